The molecular weight excluding hydrogens is 288 g/mol. The first-order chi connectivity index (χ1) is 10.5. The van der Waals surface area contributed by atoms with Crippen LogP contribution in [0, 0.1) is 0 Å². The molecule has 3 fully saturated rings. The summed E-state index contributed by atoms with van der Waals surface area (Å²) < 4.78 is 0. The number of amides is 4. The Morgan fingerprint density at radius 2 is 0.955 bits per heavy atom. The lowest BCUT2D eigenvalue weighted by molar-refractivity contribution is -0.142. The van der Waals surface area contributed by atoms with Gasteiger partial charge in [0, 0.05) is 12.1 Å². The van der Waals surface area contributed by atoms with E-state index >= 15 is 0 Å². The van der Waals surface area contributed by atoms with Crippen LogP contribution in [0.5, 0.6) is 0 Å². The molecule has 120 valence electrons. The Bertz CT molecular complexity index is 443. The van der Waals surface area contributed by atoms with Gasteiger partial charge in [-0.25, -0.2) is 0 Å². The number of imide groups is 2. The summed E-state index contributed by atoms with van der Waals surface area (Å²) in [5.41, 5.74) is 0. The minimum absolute atomic E-state index is 0.0300. The molecule has 2 N–H and O–H groups in total. The Hall–Kier alpha value is -1.80. The molecule has 22 heavy (non-hydrogen) atoms. The summed E-state index contributed by atoms with van der Waals surface area (Å²) >= 11 is 0. The van der Waals surface area contributed by atoms with Crippen molar-refractivity contribution >= 4 is 23.6 Å². The Kier molecular flexibility index (Phi) is 4.21. The SMILES string of the molecule is O=C1CN(C2CCCCC2N2CC(=O)NC(=O)C2)CC(=O)N1. The van der Waals surface area contributed by atoms with E-state index in [0.29, 0.717) is 0 Å². The van der Waals surface area contributed by atoms with Gasteiger partial charge in [0.25, 0.3) is 0 Å². The first-order valence-electron chi connectivity index (χ1n) is 7.66. The lowest BCUT2D eigenvalue weighted by atomic mass is 9.87. The lowest BCUT2D eigenvalue weighted by Crippen LogP contribution is -2.64. The highest BCUT2D eigenvalue weighted by Gasteiger charge is 2.39. The average molecular weight is 308 g/mol. The van der Waals surface area contributed by atoms with Gasteiger partial charge in [-0.1, -0.05) is 12.8 Å². The molecule has 0 aromatic carbocycles. The third kappa shape index (κ3) is 3.17. The van der Waals surface area contributed by atoms with Gasteiger partial charge in [-0.3, -0.25) is 39.6 Å². The Labute approximate surface area is 128 Å². The van der Waals surface area contributed by atoms with Crippen molar-refractivity contribution in [3.63, 3.8) is 0 Å². The highest BCUT2D eigenvalue weighted by molar-refractivity contribution is 6.00. The van der Waals surface area contributed by atoms with Gasteiger partial charge >= 0.3 is 0 Å². The predicted octanol–water partition coefficient (Wildman–Crippen LogP) is -1.79. The third-order valence-electron chi connectivity index (χ3n) is 4.58. The Balaban J connectivity index is 1.76. The van der Waals surface area contributed by atoms with Crippen LogP contribution in [-0.4, -0.2) is 71.7 Å². The van der Waals surface area contributed by atoms with Crippen LogP contribution >= 0.6 is 0 Å². The van der Waals surface area contributed by atoms with E-state index in [9.17, 15) is 19.2 Å². The molecule has 1 aliphatic carbocycles. The summed E-state index contributed by atoms with van der Waals surface area (Å²) in [5, 5.41) is 4.61. The largest absolute Gasteiger partial charge is 0.294 e. The van der Waals surface area contributed by atoms with E-state index in [4.69, 9.17) is 0 Å². The smallest absolute Gasteiger partial charge is 0.240 e. The van der Waals surface area contributed by atoms with Crippen LogP contribution in [0.4, 0.5) is 0 Å². The van der Waals surface area contributed by atoms with Crippen molar-refractivity contribution < 1.29 is 19.2 Å². The highest BCUT2D eigenvalue weighted by Crippen LogP contribution is 2.28. The molecule has 0 aromatic heterocycles. The number of hydrogen-bond acceptors (Lipinski definition) is 6. The number of hydrogen-bond donors (Lipinski definition) is 2. The summed E-state index contributed by atoms with van der Waals surface area (Å²) in [4.78, 5) is 50.2. The second-order valence-electron chi connectivity index (χ2n) is 6.17. The molecule has 4 amide bonds. The minimum atomic E-state index is -0.284. The zero-order valence-electron chi connectivity index (χ0n) is 12.3. The molecule has 0 spiro atoms. The fourth-order valence-corrected chi connectivity index (χ4v) is 3.73. The normalized spacial score (nSPS) is 31.8. The number of nitrogens with zero attached hydrogens (tertiary/aromatic N) is 2. The first-order valence-corrected chi connectivity index (χ1v) is 7.66. The van der Waals surface area contributed by atoms with E-state index in [0.717, 1.165) is 25.7 Å². The molecule has 3 aliphatic rings. The molecule has 3 rings (SSSR count). The van der Waals surface area contributed by atoms with Crippen LogP contribution < -0.4 is 10.6 Å². The number of carbonyl (C=O) groups is 4. The van der Waals surface area contributed by atoms with Gasteiger partial charge in [-0.05, 0) is 12.8 Å². The molecular formula is C14H20N4O4. The molecule has 2 atom stereocenters. The average Bonchev–Trinajstić information content (AvgIpc) is 2.45. The van der Waals surface area contributed by atoms with Crippen molar-refractivity contribution in [3.8, 4) is 0 Å². The summed E-state index contributed by atoms with van der Waals surface area (Å²) in [6.45, 7) is 0.781. The maximum atomic E-state index is 11.6. The van der Waals surface area contributed by atoms with Gasteiger partial charge in [-0.15, -0.1) is 0 Å². The maximum absolute atomic E-state index is 11.6. The van der Waals surface area contributed by atoms with Crippen LogP contribution in [0.3, 0.4) is 0 Å². The molecule has 1 saturated carbocycles. The van der Waals surface area contributed by atoms with E-state index in [1.54, 1.807) is 0 Å². The molecule has 8 heteroatoms. The number of piperazine rings is 2. The molecule has 2 heterocycles. The first kappa shape index (κ1) is 15.1. The molecule has 2 unspecified atom stereocenters. The standard InChI is InChI=1S/C14H20N4O4/c19-11-5-17(6-12(20)15-11)9-3-1-2-4-10(9)18-7-13(21)16-14(22)8-18/h9-10H,1-8H2,(H,15,19,20)(H,16,21,22). The predicted molar refractivity (Wildman–Crippen MR) is 75.5 cm³/mol. The summed E-state index contributed by atoms with van der Waals surface area (Å²) in [6, 6.07) is 0.0601. The van der Waals surface area contributed by atoms with Crippen molar-refractivity contribution in [2.75, 3.05) is 26.2 Å². The second-order valence-corrected chi connectivity index (χ2v) is 6.17. The van der Waals surface area contributed by atoms with Gasteiger partial charge < -0.3 is 0 Å². The van der Waals surface area contributed by atoms with E-state index < -0.39 is 0 Å². The number of rotatable bonds is 2. The van der Waals surface area contributed by atoms with E-state index in [2.05, 4.69) is 10.6 Å². The van der Waals surface area contributed by atoms with Gasteiger partial charge in [-0.2, -0.15) is 0 Å². The van der Waals surface area contributed by atoms with Crippen molar-refractivity contribution in [3.05, 3.63) is 0 Å². The fourth-order valence-electron chi connectivity index (χ4n) is 3.73. The van der Waals surface area contributed by atoms with Crippen molar-refractivity contribution in [1.82, 2.24) is 20.4 Å². The number of nitrogens with one attached hydrogen (secondary N) is 2. The summed E-state index contributed by atoms with van der Waals surface area (Å²) in [7, 11) is 0. The fraction of sp³-hybridized carbons (Fsp3) is 0.714. The van der Waals surface area contributed by atoms with Crippen LogP contribution in [0.2, 0.25) is 0 Å². The third-order valence-corrected chi connectivity index (χ3v) is 4.58. The Morgan fingerprint density at radius 1 is 0.636 bits per heavy atom. The van der Waals surface area contributed by atoms with Crippen LogP contribution in [0.25, 0.3) is 0 Å². The van der Waals surface area contributed by atoms with Crippen molar-refractivity contribution in [2.45, 2.75) is 37.8 Å². The molecule has 2 aliphatic heterocycles. The van der Waals surface area contributed by atoms with E-state index in [1.165, 1.54) is 0 Å². The lowest BCUT2D eigenvalue weighted by Gasteiger charge is -2.45. The van der Waals surface area contributed by atoms with Crippen LogP contribution in [0.15, 0.2) is 0 Å². The van der Waals surface area contributed by atoms with Crippen molar-refractivity contribution in [1.29, 1.82) is 0 Å². The van der Waals surface area contributed by atoms with Gasteiger partial charge in [0.2, 0.25) is 23.6 Å². The summed E-state index contributed by atoms with van der Waals surface area (Å²) in [5.74, 6) is -1.14. The highest BCUT2D eigenvalue weighted by atomic mass is 16.2. The topological polar surface area (TPSA) is 98.8 Å². The quantitative estimate of drug-likeness (QED) is 0.585. The number of carbonyl (C=O) groups excluding carboxylic acids is 4. The van der Waals surface area contributed by atoms with E-state index in [-0.39, 0.29) is 61.9 Å². The molecule has 2 saturated heterocycles. The summed E-state index contributed by atoms with van der Waals surface area (Å²) in [6.07, 6.45) is 3.80. The zero-order valence-corrected chi connectivity index (χ0v) is 12.3. The Morgan fingerprint density at radius 3 is 1.27 bits per heavy atom. The molecule has 0 aromatic rings. The second kappa shape index (κ2) is 6.13. The van der Waals surface area contributed by atoms with Crippen LogP contribution in [0.1, 0.15) is 25.7 Å². The van der Waals surface area contributed by atoms with E-state index in [1.807, 2.05) is 9.80 Å². The molecule has 0 radical (unpaired) electrons. The molecule has 8 nitrogen and oxygen atoms in total. The van der Waals surface area contributed by atoms with Gasteiger partial charge in [0.1, 0.15) is 0 Å². The van der Waals surface area contributed by atoms with Crippen molar-refractivity contribution in [2.24, 2.45) is 0 Å². The zero-order chi connectivity index (χ0) is 15.7. The van der Waals surface area contributed by atoms with Crippen LogP contribution in [-0.2, 0) is 19.2 Å². The minimum Gasteiger partial charge on any atom is -0.294 e. The van der Waals surface area contributed by atoms with Gasteiger partial charge in [0.15, 0.2) is 0 Å². The monoisotopic (exact) mass is 308 g/mol. The molecule has 0 bridgehead atoms. The van der Waals surface area contributed by atoms with Gasteiger partial charge in [0.05, 0.1) is 26.2 Å². The maximum Gasteiger partial charge on any atom is 0.240 e.